The van der Waals surface area contributed by atoms with Crippen LogP contribution >= 0.6 is 0 Å². The fraction of sp³-hybridized carbons (Fsp3) is 0. The molecule has 3 N–H and O–H groups in total. The molecule has 0 aliphatic rings. The molecule has 0 atom stereocenters. The molecule has 100 valence electrons. The minimum Gasteiger partial charge on any atom is -0.508 e. The molecule has 3 aromatic rings. The van der Waals surface area contributed by atoms with Crippen LogP contribution in [0.1, 0.15) is 5.48 Å². The van der Waals surface area contributed by atoms with Crippen molar-refractivity contribution in [3.63, 3.8) is 0 Å². The second-order valence-corrected chi connectivity index (χ2v) is 4.01. The topological polar surface area (TPSA) is 90.9 Å². The summed E-state index contributed by atoms with van der Waals surface area (Å²) in [5.41, 5.74) is -1.13. The summed E-state index contributed by atoms with van der Waals surface area (Å²) < 4.78 is 35.8. The van der Waals surface area contributed by atoms with Gasteiger partial charge in [-0.05, 0) is 23.7 Å². The van der Waals surface area contributed by atoms with Gasteiger partial charge in [0.25, 0.3) is 0 Å². The van der Waals surface area contributed by atoms with Crippen LogP contribution in [0.5, 0.6) is 17.2 Å². The molecule has 0 aliphatic heterocycles. The molecule has 1 heterocycles. The van der Waals surface area contributed by atoms with Gasteiger partial charge < -0.3 is 19.7 Å². The molecular weight excluding hydrogens is 260 g/mol. The lowest BCUT2D eigenvalue weighted by atomic mass is 10.1. The third-order valence-corrected chi connectivity index (χ3v) is 2.73. The summed E-state index contributed by atoms with van der Waals surface area (Å²) in [4.78, 5) is 12.6. The standard InChI is InChI=1S/C15H10O5/c16-9-3-1-8(2-4-9)11-7-20-14-6-13(18)12(17)5-10(14)15(11)19/h1-7,16-18H/i3D,4D,5D,6D. The van der Waals surface area contributed by atoms with Gasteiger partial charge in [0, 0.05) is 6.04 Å². The van der Waals surface area contributed by atoms with Gasteiger partial charge in [0.15, 0.2) is 11.5 Å². The summed E-state index contributed by atoms with van der Waals surface area (Å²) in [5.74, 6) is -2.32. The Bertz CT molecular complexity index is 1040. The van der Waals surface area contributed by atoms with E-state index >= 15 is 0 Å². The molecular formula is C15H10O5. The molecule has 0 amide bonds. The predicted molar refractivity (Wildman–Crippen MR) is 72.9 cm³/mol. The molecule has 1 aromatic heterocycles. The van der Waals surface area contributed by atoms with Gasteiger partial charge in [-0.25, -0.2) is 0 Å². The highest BCUT2D eigenvalue weighted by molar-refractivity contribution is 5.84. The molecule has 0 fully saturated rings. The fourth-order valence-corrected chi connectivity index (χ4v) is 1.75. The van der Waals surface area contributed by atoms with Gasteiger partial charge in [0.1, 0.15) is 17.6 Å². The molecule has 0 spiro atoms. The van der Waals surface area contributed by atoms with Gasteiger partial charge in [-0.1, -0.05) is 12.1 Å². The molecule has 0 aliphatic carbocycles. The van der Waals surface area contributed by atoms with Crippen molar-refractivity contribution < 1.29 is 25.2 Å². The van der Waals surface area contributed by atoms with E-state index in [4.69, 9.17) is 9.90 Å². The van der Waals surface area contributed by atoms with Gasteiger partial charge in [0.05, 0.1) is 16.4 Å². The van der Waals surface area contributed by atoms with E-state index in [1.165, 1.54) is 0 Å². The third-order valence-electron chi connectivity index (χ3n) is 2.73. The van der Waals surface area contributed by atoms with Crippen LogP contribution in [0.2, 0.25) is 0 Å². The number of fused-ring (bicyclic) bond motifs is 1. The largest absolute Gasteiger partial charge is 0.508 e. The van der Waals surface area contributed by atoms with E-state index in [9.17, 15) is 20.1 Å². The summed E-state index contributed by atoms with van der Waals surface area (Å²) >= 11 is 0. The average Bonchev–Trinajstić information content (AvgIpc) is 2.55. The van der Waals surface area contributed by atoms with E-state index in [2.05, 4.69) is 0 Å². The maximum Gasteiger partial charge on any atom is 0.200 e. The molecule has 5 nitrogen and oxygen atoms in total. The maximum atomic E-state index is 12.6. The lowest BCUT2D eigenvalue weighted by molar-refractivity contribution is 0.403. The van der Waals surface area contributed by atoms with E-state index in [1.54, 1.807) is 0 Å². The molecule has 3 rings (SSSR count). The SMILES string of the molecule is [2H]c1cc(-c2coc3c([2H])c(O)c(O)c([2H])c3c2=O)cc([2H])c1O. The zero-order valence-corrected chi connectivity index (χ0v) is 9.89. The first-order chi connectivity index (χ1) is 11.2. The van der Waals surface area contributed by atoms with Crippen LogP contribution in [0.4, 0.5) is 0 Å². The maximum absolute atomic E-state index is 12.6. The molecule has 0 bridgehead atoms. The molecule has 2 aromatic carbocycles. The quantitative estimate of drug-likeness (QED) is 0.593. The van der Waals surface area contributed by atoms with Crippen molar-refractivity contribution >= 4 is 11.0 Å². The van der Waals surface area contributed by atoms with Crippen molar-refractivity contribution in [1.82, 2.24) is 0 Å². The number of phenolic OH excluding ortho intramolecular Hbond substituents is 3. The normalized spacial score (nSPS) is 13.6. The smallest absolute Gasteiger partial charge is 0.200 e. The van der Waals surface area contributed by atoms with Gasteiger partial charge in [-0.15, -0.1) is 0 Å². The Balaban J connectivity index is 2.41. The average molecular weight is 274 g/mol. The molecule has 0 radical (unpaired) electrons. The number of hydrogen-bond acceptors (Lipinski definition) is 5. The van der Waals surface area contributed by atoms with Crippen LogP contribution in [-0.4, -0.2) is 15.3 Å². The van der Waals surface area contributed by atoms with Crippen molar-refractivity contribution in [2.24, 2.45) is 0 Å². The second-order valence-electron chi connectivity index (χ2n) is 4.01. The molecule has 0 saturated heterocycles. The summed E-state index contributed by atoms with van der Waals surface area (Å²) in [7, 11) is 0. The first kappa shape index (κ1) is 8.27. The zero-order valence-electron chi connectivity index (χ0n) is 13.9. The number of hydrogen-bond donors (Lipinski definition) is 3. The highest BCUT2D eigenvalue weighted by Crippen LogP contribution is 2.30. The van der Waals surface area contributed by atoms with Crippen LogP contribution in [0.15, 0.2) is 51.8 Å². The zero-order chi connectivity index (χ0) is 17.8. The van der Waals surface area contributed by atoms with Crippen molar-refractivity contribution in [2.75, 3.05) is 0 Å². The van der Waals surface area contributed by atoms with Gasteiger partial charge in [-0.2, -0.15) is 0 Å². The Kier molecular flexibility index (Phi) is 1.78. The van der Waals surface area contributed by atoms with Crippen molar-refractivity contribution in [2.45, 2.75) is 0 Å². The van der Waals surface area contributed by atoms with E-state index in [1.807, 2.05) is 0 Å². The van der Waals surface area contributed by atoms with Crippen molar-refractivity contribution in [3.05, 3.63) is 52.8 Å². The Labute approximate surface area is 118 Å². The first-order valence-corrected chi connectivity index (χ1v) is 5.51. The van der Waals surface area contributed by atoms with Crippen LogP contribution in [0.25, 0.3) is 22.1 Å². The number of phenols is 3. The summed E-state index contributed by atoms with van der Waals surface area (Å²) in [5, 5.41) is 28.3. The van der Waals surface area contributed by atoms with E-state index < -0.39 is 40.1 Å². The Morgan fingerprint density at radius 1 is 1.05 bits per heavy atom. The summed E-state index contributed by atoms with van der Waals surface area (Å²) in [6, 6.07) is 0.254. The third kappa shape index (κ3) is 1.85. The summed E-state index contributed by atoms with van der Waals surface area (Å²) in [6.45, 7) is 0. The van der Waals surface area contributed by atoms with Crippen LogP contribution < -0.4 is 5.43 Å². The Hall–Kier alpha value is -2.95. The molecule has 20 heavy (non-hydrogen) atoms. The van der Waals surface area contributed by atoms with Crippen LogP contribution in [-0.2, 0) is 0 Å². The number of benzene rings is 2. The van der Waals surface area contributed by atoms with Gasteiger partial charge in [-0.3, -0.25) is 4.79 Å². The highest BCUT2D eigenvalue weighted by atomic mass is 16.3. The van der Waals surface area contributed by atoms with Crippen molar-refractivity contribution in [3.8, 4) is 28.4 Å². The minimum absolute atomic E-state index is 0.108. The fourth-order valence-electron chi connectivity index (χ4n) is 1.75. The molecule has 5 heteroatoms. The monoisotopic (exact) mass is 274 g/mol. The van der Waals surface area contributed by atoms with Crippen LogP contribution in [0, 0.1) is 0 Å². The number of rotatable bonds is 1. The Morgan fingerprint density at radius 3 is 2.40 bits per heavy atom. The minimum atomic E-state index is -0.912. The Morgan fingerprint density at radius 2 is 1.70 bits per heavy atom. The predicted octanol–water partition coefficient (Wildman–Crippen LogP) is 2.58. The van der Waals surface area contributed by atoms with Gasteiger partial charge >= 0.3 is 0 Å². The lowest BCUT2D eigenvalue weighted by Crippen LogP contribution is -2.04. The highest BCUT2D eigenvalue weighted by Gasteiger charge is 2.12. The van der Waals surface area contributed by atoms with Crippen molar-refractivity contribution in [1.29, 1.82) is 0 Å². The van der Waals surface area contributed by atoms with Gasteiger partial charge in [0.2, 0.25) is 5.43 Å². The second kappa shape index (κ2) is 4.31. The van der Waals surface area contributed by atoms with E-state index in [-0.39, 0.29) is 28.8 Å². The van der Waals surface area contributed by atoms with E-state index in [0.717, 1.165) is 18.4 Å². The lowest BCUT2D eigenvalue weighted by Gasteiger charge is -2.04. The summed E-state index contributed by atoms with van der Waals surface area (Å²) in [6.07, 6.45) is 0.976. The van der Waals surface area contributed by atoms with E-state index in [0.29, 0.717) is 0 Å². The van der Waals surface area contributed by atoms with Crippen LogP contribution in [0.3, 0.4) is 0 Å². The number of aromatic hydroxyl groups is 3. The first-order valence-electron chi connectivity index (χ1n) is 7.51. The molecule has 0 saturated carbocycles. The molecule has 0 unspecified atom stereocenters.